The topological polar surface area (TPSA) is 9.72 Å². The first-order chi connectivity index (χ1) is 36.7. The van der Waals surface area contributed by atoms with Gasteiger partial charge in [0.05, 0.1) is 11.4 Å². The van der Waals surface area contributed by atoms with E-state index in [-0.39, 0.29) is 33.8 Å². The van der Waals surface area contributed by atoms with Crippen LogP contribution in [0.5, 0.6) is 0 Å². The molecule has 2 aliphatic carbocycles. The molecule has 0 N–H and O–H groups in total. The molecule has 0 spiro atoms. The van der Waals surface area contributed by atoms with E-state index in [4.69, 9.17) is 0 Å². The van der Waals surface area contributed by atoms with Gasteiger partial charge in [-0.3, -0.25) is 0 Å². The summed E-state index contributed by atoms with van der Waals surface area (Å²) in [7, 11) is 0. The van der Waals surface area contributed by atoms with Crippen molar-refractivity contribution in [2.75, 3.05) is 14.7 Å². The van der Waals surface area contributed by atoms with E-state index >= 15 is 0 Å². The lowest BCUT2D eigenvalue weighted by Gasteiger charge is -2.46. The van der Waals surface area contributed by atoms with Crippen LogP contribution in [0.4, 0.5) is 51.2 Å². The third kappa shape index (κ3) is 7.83. The fourth-order valence-corrected chi connectivity index (χ4v) is 14.9. The van der Waals surface area contributed by atoms with Crippen LogP contribution < -0.4 is 31.1 Å². The smallest absolute Gasteiger partial charge is 0.252 e. The molecule has 0 bridgehead atoms. The van der Waals surface area contributed by atoms with E-state index in [9.17, 15) is 0 Å². The Morgan fingerprint density at radius 2 is 0.818 bits per heavy atom. The third-order valence-corrected chi connectivity index (χ3v) is 18.0. The van der Waals surface area contributed by atoms with Crippen LogP contribution in [0.2, 0.25) is 0 Å². The molecule has 9 aromatic carbocycles. The minimum Gasteiger partial charge on any atom is -0.311 e. The lowest BCUT2D eigenvalue weighted by molar-refractivity contribution is 0.403. The van der Waals surface area contributed by atoms with E-state index in [0.717, 1.165) is 29.9 Å². The van der Waals surface area contributed by atoms with Gasteiger partial charge in [-0.25, -0.2) is 0 Å². The zero-order chi connectivity index (χ0) is 53.6. The maximum absolute atomic E-state index is 2.70. The minimum atomic E-state index is -0.0604. The van der Waals surface area contributed by atoms with Crippen LogP contribution in [-0.2, 0) is 27.1 Å². The summed E-state index contributed by atoms with van der Waals surface area (Å²) in [6, 6.07) is 74.2. The Balaban J connectivity index is 1.21. The zero-order valence-corrected chi connectivity index (χ0v) is 47.3. The number of para-hydroxylation sites is 2. The van der Waals surface area contributed by atoms with Crippen molar-refractivity contribution in [1.29, 1.82) is 0 Å². The number of aryl methyl sites for hydroxylation is 1. The maximum Gasteiger partial charge on any atom is 0.252 e. The number of hydrogen-bond acceptors (Lipinski definition) is 3. The van der Waals surface area contributed by atoms with Crippen LogP contribution in [0.1, 0.15) is 122 Å². The van der Waals surface area contributed by atoms with Gasteiger partial charge < -0.3 is 14.7 Å². The lowest BCUT2D eigenvalue weighted by Crippen LogP contribution is -2.62. The fourth-order valence-electron chi connectivity index (χ4n) is 14.9. The molecule has 77 heavy (non-hydrogen) atoms. The Morgan fingerprint density at radius 1 is 0.390 bits per heavy atom. The fraction of sp³-hybridized carbons (Fsp3) is 0.260. The van der Waals surface area contributed by atoms with Gasteiger partial charge in [0, 0.05) is 45.4 Å². The first kappa shape index (κ1) is 49.0. The summed E-state index contributed by atoms with van der Waals surface area (Å²) in [5.74, 6) is 0. The van der Waals surface area contributed by atoms with Crippen molar-refractivity contribution in [1.82, 2.24) is 0 Å². The molecule has 0 amide bonds. The van der Waals surface area contributed by atoms with E-state index in [1.54, 1.807) is 0 Å². The molecular formula is C73H72BN3. The second kappa shape index (κ2) is 17.2. The highest BCUT2D eigenvalue weighted by Gasteiger charge is 2.51. The quantitative estimate of drug-likeness (QED) is 0.147. The van der Waals surface area contributed by atoms with Gasteiger partial charge in [0.2, 0.25) is 0 Å². The molecular weight excluding hydrogens is 930 g/mol. The van der Waals surface area contributed by atoms with Crippen molar-refractivity contribution in [3.8, 4) is 22.3 Å². The van der Waals surface area contributed by atoms with Crippen molar-refractivity contribution in [2.45, 2.75) is 123 Å². The SMILES string of the molecule is Cc1cc(-c2ccccc2)ccc1N1c2cc3c(cc2B2c4cc5c(cc4N(c4ccc(C(C)(C)C)cc4-c4ccccc4)c4cc(N(c6ccccc6)c6ccccc6)cc1c42)C(C)(C)CC5(C)C)C(C)(C)CC3(C)C. The van der Waals surface area contributed by atoms with Crippen molar-refractivity contribution in [2.24, 2.45) is 0 Å². The Kier molecular flexibility index (Phi) is 11.0. The number of anilines is 9. The Bertz CT molecular complexity index is 3770. The monoisotopic (exact) mass is 1000 g/mol. The number of fused-ring (bicyclic) bond motifs is 6. The average Bonchev–Trinajstić information content (AvgIpc) is 3.84. The number of rotatable bonds is 7. The predicted octanol–water partition coefficient (Wildman–Crippen LogP) is 18.1. The molecule has 0 radical (unpaired) electrons. The largest absolute Gasteiger partial charge is 0.311 e. The summed E-state index contributed by atoms with van der Waals surface area (Å²) in [6.07, 6.45) is 2.18. The second-order valence-corrected chi connectivity index (χ2v) is 26.5. The van der Waals surface area contributed by atoms with E-state index in [2.05, 4.69) is 292 Å². The van der Waals surface area contributed by atoms with Crippen LogP contribution >= 0.6 is 0 Å². The van der Waals surface area contributed by atoms with Gasteiger partial charge >= 0.3 is 0 Å². The predicted molar refractivity (Wildman–Crippen MR) is 331 cm³/mol. The molecule has 0 atom stereocenters. The molecule has 9 aromatic rings. The molecule has 4 heteroatoms. The molecule has 2 aliphatic heterocycles. The summed E-state index contributed by atoms with van der Waals surface area (Å²) in [5, 5.41) is 0. The van der Waals surface area contributed by atoms with Gasteiger partial charge in [0.25, 0.3) is 6.71 Å². The van der Waals surface area contributed by atoms with Gasteiger partial charge in [-0.15, -0.1) is 0 Å². The highest BCUT2D eigenvalue weighted by Crippen LogP contribution is 2.57. The van der Waals surface area contributed by atoms with E-state index in [0.29, 0.717) is 0 Å². The molecule has 4 aliphatic rings. The summed E-state index contributed by atoms with van der Waals surface area (Å²) in [5.41, 5.74) is 28.0. The molecule has 382 valence electrons. The summed E-state index contributed by atoms with van der Waals surface area (Å²) in [6.45, 7) is 29.1. The van der Waals surface area contributed by atoms with Crippen molar-refractivity contribution >= 4 is 74.3 Å². The summed E-state index contributed by atoms with van der Waals surface area (Å²) < 4.78 is 0. The van der Waals surface area contributed by atoms with Crippen molar-refractivity contribution < 1.29 is 0 Å². The maximum atomic E-state index is 2.70. The molecule has 3 nitrogen and oxygen atoms in total. The van der Waals surface area contributed by atoms with Crippen LogP contribution in [-0.4, -0.2) is 6.71 Å². The van der Waals surface area contributed by atoms with E-state index in [1.807, 2.05) is 0 Å². The van der Waals surface area contributed by atoms with Crippen molar-refractivity contribution in [3.63, 3.8) is 0 Å². The first-order valence-corrected chi connectivity index (χ1v) is 28.1. The van der Waals surface area contributed by atoms with Gasteiger partial charge in [0.1, 0.15) is 0 Å². The number of nitrogens with zero attached hydrogens (tertiary/aromatic N) is 3. The van der Waals surface area contributed by atoms with Crippen LogP contribution in [0.25, 0.3) is 22.3 Å². The van der Waals surface area contributed by atoms with E-state index in [1.165, 1.54) is 106 Å². The van der Waals surface area contributed by atoms with Crippen LogP contribution in [0.15, 0.2) is 194 Å². The molecule has 0 unspecified atom stereocenters. The van der Waals surface area contributed by atoms with Gasteiger partial charge in [-0.1, -0.05) is 197 Å². The standard InChI is InChI=1S/C73H72BN3/c1-47-37-50(48-25-17-13-18-26-48)33-35-62(47)76-64-43-58-56(70(5,6)45-72(58,9)10)41-60(64)74-61-42-57-59(73(11,12)46-71(57,7)8)44-65(61)77(63-36-34-51(69(2,3)4)38-55(63)49-27-19-14-20-28-49)67-40-54(39-66(76)68(67)74)75(52-29-21-15-22-30-52)53-31-23-16-24-32-53/h13-44H,45-46H2,1-12H3. The highest BCUT2D eigenvalue weighted by atomic mass is 15.2. The van der Waals surface area contributed by atoms with Crippen molar-refractivity contribution in [3.05, 3.63) is 228 Å². The lowest BCUT2D eigenvalue weighted by atomic mass is 9.33. The zero-order valence-electron chi connectivity index (χ0n) is 47.3. The molecule has 2 heterocycles. The normalized spacial score (nSPS) is 16.8. The minimum absolute atomic E-state index is 0.00234. The average molecular weight is 1000 g/mol. The third-order valence-electron chi connectivity index (χ3n) is 18.0. The molecule has 0 saturated heterocycles. The van der Waals surface area contributed by atoms with Crippen LogP contribution in [0, 0.1) is 6.92 Å². The summed E-state index contributed by atoms with van der Waals surface area (Å²) >= 11 is 0. The Labute approximate surface area is 459 Å². The number of benzene rings is 9. The second-order valence-electron chi connectivity index (χ2n) is 26.5. The van der Waals surface area contributed by atoms with Crippen LogP contribution in [0.3, 0.4) is 0 Å². The van der Waals surface area contributed by atoms with Gasteiger partial charge in [-0.05, 0) is 186 Å². The van der Waals surface area contributed by atoms with Gasteiger partial charge in [-0.2, -0.15) is 0 Å². The van der Waals surface area contributed by atoms with Gasteiger partial charge in [0.15, 0.2) is 0 Å². The molecule has 0 fully saturated rings. The first-order valence-electron chi connectivity index (χ1n) is 28.1. The molecule has 0 saturated carbocycles. The molecule has 13 rings (SSSR count). The van der Waals surface area contributed by atoms with E-state index < -0.39 is 0 Å². The summed E-state index contributed by atoms with van der Waals surface area (Å²) in [4.78, 5) is 7.86. The highest BCUT2D eigenvalue weighted by molar-refractivity contribution is 7.00. The Morgan fingerprint density at radius 3 is 1.29 bits per heavy atom. The number of hydrogen-bond donors (Lipinski definition) is 0. The molecule has 0 aromatic heterocycles. The Hall–Kier alpha value is -7.56.